The molecule has 2 heterocycles. The molecule has 4 nitrogen and oxygen atoms in total. The Morgan fingerprint density at radius 1 is 1.62 bits per heavy atom. The lowest BCUT2D eigenvalue weighted by atomic mass is 10.2. The minimum absolute atomic E-state index is 0.365. The van der Waals surface area contributed by atoms with Gasteiger partial charge in [-0.1, -0.05) is 5.16 Å². The number of hydrogen-bond donors (Lipinski definition) is 0. The SMILES string of the molecule is Cn1cc(-c2cc(CCl)no2)cn1. The minimum Gasteiger partial charge on any atom is -0.356 e. The third kappa shape index (κ3) is 1.58. The quantitative estimate of drug-likeness (QED) is 0.690. The van der Waals surface area contributed by atoms with E-state index in [0.717, 1.165) is 11.3 Å². The van der Waals surface area contributed by atoms with E-state index in [0.29, 0.717) is 11.6 Å². The van der Waals surface area contributed by atoms with Crippen molar-refractivity contribution >= 4 is 11.6 Å². The van der Waals surface area contributed by atoms with Gasteiger partial charge >= 0.3 is 0 Å². The maximum Gasteiger partial charge on any atom is 0.170 e. The molecule has 0 unspecified atom stereocenters. The molecule has 0 bridgehead atoms. The third-order valence-corrected chi connectivity index (χ3v) is 1.96. The second kappa shape index (κ2) is 3.22. The molecule has 0 saturated carbocycles. The average molecular weight is 198 g/mol. The van der Waals surface area contributed by atoms with Crippen LogP contribution in [0.4, 0.5) is 0 Å². The lowest BCUT2D eigenvalue weighted by molar-refractivity contribution is 0.426. The van der Waals surface area contributed by atoms with Gasteiger partial charge in [0.2, 0.25) is 0 Å². The van der Waals surface area contributed by atoms with Gasteiger partial charge in [0.05, 0.1) is 23.3 Å². The first kappa shape index (κ1) is 8.31. The van der Waals surface area contributed by atoms with Crippen molar-refractivity contribution in [1.82, 2.24) is 14.9 Å². The summed E-state index contributed by atoms with van der Waals surface area (Å²) in [7, 11) is 1.85. The van der Waals surface area contributed by atoms with Crippen LogP contribution in [0.1, 0.15) is 5.69 Å². The first-order valence-electron chi connectivity index (χ1n) is 3.80. The van der Waals surface area contributed by atoms with E-state index >= 15 is 0 Å². The molecule has 2 aromatic heterocycles. The van der Waals surface area contributed by atoms with E-state index in [-0.39, 0.29) is 0 Å². The van der Waals surface area contributed by atoms with E-state index in [4.69, 9.17) is 16.1 Å². The van der Waals surface area contributed by atoms with Crippen molar-refractivity contribution in [1.29, 1.82) is 0 Å². The van der Waals surface area contributed by atoms with E-state index in [2.05, 4.69) is 10.3 Å². The van der Waals surface area contributed by atoms with Crippen molar-refractivity contribution in [3.05, 3.63) is 24.2 Å². The van der Waals surface area contributed by atoms with Crippen LogP contribution in [0.15, 0.2) is 23.0 Å². The third-order valence-electron chi connectivity index (χ3n) is 1.69. The number of rotatable bonds is 2. The summed E-state index contributed by atoms with van der Waals surface area (Å²) in [6.07, 6.45) is 3.58. The highest BCUT2D eigenvalue weighted by molar-refractivity contribution is 6.16. The summed E-state index contributed by atoms with van der Waals surface area (Å²) in [6, 6.07) is 1.81. The molecule has 13 heavy (non-hydrogen) atoms. The van der Waals surface area contributed by atoms with E-state index in [1.54, 1.807) is 10.9 Å². The van der Waals surface area contributed by atoms with Crippen LogP contribution in [0.2, 0.25) is 0 Å². The number of hydrogen-bond acceptors (Lipinski definition) is 3. The molecule has 0 radical (unpaired) electrons. The molecule has 0 aliphatic rings. The predicted octanol–water partition coefficient (Wildman–Crippen LogP) is 1.81. The second-order valence-corrected chi connectivity index (χ2v) is 2.99. The number of halogens is 1. The molecule has 0 aliphatic carbocycles. The largest absolute Gasteiger partial charge is 0.356 e. The molecule has 0 N–H and O–H groups in total. The molecule has 2 rings (SSSR count). The average Bonchev–Trinajstić information content (AvgIpc) is 2.71. The van der Waals surface area contributed by atoms with Crippen LogP contribution < -0.4 is 0 Å². The Morgan fingerprint density at radius 2 is 2.46 bits per heavy atom. The predicted molar refractivity (Wildman–Crippen MR) is 48.3 cm³/mol. The molecule has 0 atom stereocenters. The molecule has 68 valence electrons. The van der Waals surface area contributed by atoms with Crippen molar-refractivity contribution in [2.24, 2.45) is 7.05 Å². The molecule has 0 aromatic carbocycles. The van der Waals surface area contributed by atoms with Crippen LogP contribution in [0.5, 0.6) is 0 Å². The van der Waals surface area contributed by atoms with Gasteiger partial charge in [-0.05, 0) is 0 Å². The summed E-state index contributed by atoms with van der Waals surface area (Å²) in [5, 5.41) is 7.80. The van der Waals surface area contributed by atoms with Crippen molar-refractivity contribution in [3.63, 3.8) is 0 Å². The highest BCUT2D eigenvalue weighted by atomic mass is 35.5. The van der Waals surface area contributed by atoms with Crippen LogP contribution >= 0.6 is 11.6 Å². The maximum absolute atomic E-state index is 5.59. The van der Waals surface area contributed by atoms with Crippen molar-refractivity contribution in [2.75, 3.05) is 0 Å². The van der Waals surface area contributed by atoms with Gasteiger partial charge in [-0.3, -0.25) is 4.68 Å². The first-order valence-corrected chi connectivity index (χ1v) is 4.33. The molecular weight excluding hydrogens is 190 g/mol. The maximum atomic E-state index is 5.59. The number of alkyl halides is 1. The van der Waals surface area contributed by atoms with Crippen LogP contribution in [0.3, 0.4) is 0 Å². The zero-order valence-electron chi connectivity index (χ0n) is 7.07. The smallest absolute Gasteiger partial charge is 0.170 e. The molecule has 0 saturated heterocycles. The van der Waals surface area contributed by atoms with Crippen LogP contribution in [0, 0.1) is 0 Å². The first-order chi connectivity index (χ1) is 6.29. The number of aromatic nitrogens is 3. The van der Waals surface area contributed by atoms with Crippen LogP contribution in [-0.2, 0) is 12.9 Å². The zero-order valence-corrected chi connectivity index (χ0v) is 7.82. The molecular formula is C8H8ClN3O. The summed E-state index contributed by atoms with van der Waals surface area (Å²) in [5.41, 5.74) is 1.65. The zero-order chi connectivity index (χ0) is 9.26. The van der Waals surface area contributed by atoms with Gasteiger partial charge in [0.25, 0.3) is 0 Å². The molecule has 0 aliphatic heterocycles. The molecule has 5 heteroatoms. The highest BCUT2D eigenvalue weighted by Gasteiger charge is 2.06. The van der Waals surface area contributed by atoms with Crippen molar-refractivity contribution in [2.45, 2.75) is 5.88 Å². The normalized spacial score (nSPS) is 10.6. The van der Waals surface area contributed by atoms with E-state index in [9.17, 15) is 0 Å². The van der Waals surface area contributed by atoms with Gasteiger partial charge in [0.15, 0.2) is 5.76 Å². The summed E-state index contributed by atoms with van der Waals surface area (Å²) in [4.78, 5) is 0. The van der Waals surface area contributed by atoms with Gasteiger partial charge in [-0.15, -0.1) is 11.6 Å². The number of aryl methyl sites for hydroxylation is 1. The van der Waals surface area contributed by atoms with Crippen molar-refractivity contribution < 1.29 is 4.52 Å². The number of nitrogens with zero attached hydrogens (tertiary/aromatic N) is 3. The van der Waals surface area contributed by atoms with Gasteiger partial charge in [-0.2, -0.15) is 5.10 Å². The van der Waals surface area contributed by atoms with E-state index in [1.807, 2.05) is 19.3 Å². The Bertz CT molecular complexity index is 407. The topological polar surface area (TPSA) is 43.9 Å². The molecule has 2 aromatic rings. The van der Waals surface area contributed by atoms with E-state index in [1.165, 1.54) is 0 Å². The lowest BCUT2D eigenvalue weighted by Crippen LogP contribution is -1.83. The Balaban J connectivity index is 2.35. The Hall–Kier alpha value is -1.29. The fraction of sp³-hybridized carbons (Fsp3) is 0.250. The Labute approximate surface area is 80.1 Å². The second-order valence-electron chi connectivity index (χ2n) is 2.72. The standard InChI is InChI=1S/C8H8ClN3O/c1-12-5-6(4-10-12)8-2-7(3-9)11-13-8/h2,4-5H,3H2,1H3. The summed E-state index contributed by atoms with van der Waals surface area (Å²) in [6.45, 7) is 0. The van der Waals surface area contributed by atoms with Gasteiger partial charge in [-0.25, -0.2) is 0 Å². The van der Waals surface area contributed by atoms with Crippen molar-refractivity contribution in [3.8, 4) is 11.3 Å². The van der Waals surface area contributed by atoms with E-state index < -0.39 is 0 Å². The fourth-order valence-corrected chi connectivity index (χ4v) is 1.19. The van der Waals surface area contributed by atoms with Gasteiger partial charge in [0, 0.05) is 19.3 Å². The minimum atomic E-state index is 0.365. The monoisotopic (exact) mass is 197 g/mol. The molecule has 0 fully saturated rings. The lowest BCUT2D eigenvalue weighted by Gasteiger charge is -1.84. The van der Waals surface area contributed by atoms with Crippen LogP contribution in [0.25, 0.3) is 11.3 Å². The molecule has 0 spiro atoms. The Morgan fingerprint density at radius 3 is 3.00 bits per heavy atom. The Kier molecular flexibility index (Phi) is 2.06. The fourth-order valence-electron chi connectivity index (χ4n) is 1.06. The summed E-state index contributed by atoms with van der Waals surface area (Å²) < 4.78 is 6.77. The van der Waals surface area contributed by atoms with Gasteiger partial charge < -0.3 is 4.52 Å². The highest BCUT2D eigenvalue weighted by Crippen LogP contribution is 2.19. The van der Waals surface area contributed by atoms with Gasteiger partial charge in [0.1, 0.15) is 0 Å². The van der Waals surface area contributed by atoms with Crippen LogP contribution in [-0.4, -0.2) is 14.9 Å². The summed E-state index contributed by atoms with van der Waals surface area (Å²) >= 11 is 5.59. The molecule has 0 amide bonds. The summed E-state index contributed by atoms with van der Waals surface area (Å²) in [5.74, 6) is 1.06.